The zero-order valence-electron chi connectivity index (χ0n) is 13.6. The molecule has 0 bridgehead atoms. The van der Waals surface area contributed by atoms with E-state index in [0.717, 1.165) is 27.5 Å². The number of phenols is 1. The molecule has 0 saturated heterocycles. The lowest BCUT2D eigenvalue weighted by Gasteiger charge is -2.03. The van der Waals surface area contributed by atoms with E-state index in [1.165, 1.54) is 7.11 Å². The average molecular weight is 353 g/mol. The third-order valence-electron chi connectivity index (χ3n) is 3.59. The van der Waals surface area contributed by atoms with Gasteiger partial charge in [-0.3, -0.25) is 5.10 Å². The molecule has 0 aliphatic rings. The maximum Gasteiger partial charge on any atom is 0.161 e. The predicted molar refractivity (Wildman–Crippen MR) is 103 cm³/mol. The molecule has 2 aromatic carbocycles. The Bertz CT molecular complexity index is 912. The standard InChI is InChI=1S/C20H17ClN2O2/c1-25-20-12-15(6-11-19(20)24)5-10-18-13-17(22-23-18)9-4-14-2-7-16(21)8-3-14/h2-13,24H,1H3,(H,22,23)/b9-4+,10-5+. The number of methoxy groups -OCH3 is 1. The van der Waals surface area contributed by atoms with Gasteiger partial charge < -0.3 is 9.84 Å². The summed E-state index contributed by atoms with van der Waals surface area (Å²) >= 11 is 5.88. The number of aromatic nitrogens is 2. The van der Waals surface area contributed by atoms with Crippen molar-refractivity contribution in [1.82, 2.24) is 10.2 Å². The van der Waals surface area contributed by atoms with Crippen LogP contribution >= 0.6 is 11.6 Å². The van der Waals surface area contributed by atoms with Crippen LogP contribution in [0.2, 0.25) is 5.02 Å². The molecule has 0 unspecified atom stereocenters. The first-order valence-corrected chi connectivity index (χ1v) is 8.06. The van der Waals surface area contributed by atoms with Crippen LogP contribution in [0.15, 0.2) is 48.5 Å². The van der Waals surface area contributed by atoms with E-state index in [1.54, 1.807) is 12.1 Å². The van der Waals surface area contributed by atoms with Gasteiger partial charge in [0, 0.05) is 5.02 Å². The highest BCUT2D eigenvalue weighted by Crippen LogP contribution is 2.27. The van der Waals surface area contributed by atoms with Crippen molar-refractivity contribution in [2.24, 2.45) is 0 Å². The number of ether oxygens (including phenoxy) is 1. The number of halogens is 1. The van der Waals surface area contributed by atoms with Crippen LogP contribution in [0.25, 0.3) is 24.3 Å². The highest BCUT2D eigenvalue weighted by molar-refractivity contribution is 6.30. The van der Waals surface area contributed by atoms with Crippen LogP contribution in [0.3, 0.4) is 0 Å². The molecule has 3 aromatic rings. The second kappa shape index (κ2) is 7.73. The van der Waals surface area contributed by atoms with Crippen LogP contribution in [0.1, 0.15) is 22.5 Å². The molecular weight excluding hydrogens is 336 g/mol. The molecule has 0 atom stereocenters. The van der Waals surface area contributed by atoms with Crippen molar-refractivity contribution >= 4 is 35.9 Å². The van der Waals surface area contributed by atoms with Crippen LogP contribution in [-0.4, -0.2) is 22.4 Å². The fraction of sp³-hybridized carbons (Fsp3) is 0.0500. The minimum atomic E-state index is 0.119. The van der Waals surface area contributed by atoms with Gasteiger partial charge in [-0.15, -0.1) is 0 Å². The second-order valence-electron chi connectivity index (χ2n) is 5.40. The molecule has 0 aliphatic carbocycles. The van der Waals surface area contributed by atoms with Crippen molar-refractivity contribution in [1.29, 1.82) is 0 Å². The molecule has 5 heteroatoms. The summed E-state index contributed by atoms with van der Waals surface area (Å²) in [5.74, 6) is 0.560. The van der Waals surface area contributed by atoms with Crippen molar-refractivity contribution < 1.29 is 9.84 Å². The van der Waals surface area contributed by atoms with E-state index >= 15 is 0 Å². The summed E-state index contributed by atoms with van der Waals surface area (Å²) in [6.07, 6.45) is 7.74. The molecule has 0 spiro atoms. The molecule has 1 heterocycles. The van der Waals surface area contributed by atoms with Crippen molar-refractivity contribution in [3.05, 3.63) is 76.1 Å². The Hall–Kier alpha value is -2.98. The van der Waals surface area contributed by atoms with Crippen molar-refractivity contribution in [2.45, 2.75) is 0 Å². The molecule has 3 rings (SSSR count). The van der Waals surface area contributed by atoms with Crippen LogP contribution in [0, 0.1) is 0 Å². The third kappa shape index (κ3) is 4.52. The summed E-state index contributed by atoms with van der Waals surface area (Å²) in [5.41, 5.74) is 3.68. The summed E-state index contributed by atoms with van der Waals surface area (Å²) in [5, 5.41) is 17.6. The first kappa shape index (κ1) is 16.9. The zero-order valence-corrected chi connectivity index (χ0v) is 14.4. The van der Waals surface area contributed by atoms with Crippen molar-refractivity contribution in [3.8, 4) is 11.5 Å². The van der Waals surface area contributed by atoms with E-state index in [2.05, 4.69) is 10.2 Å². The van der Waals surface area contributed by atoms with Gasteiger partial charge in [0.25, 0.3) is 0 Å². The molecule has 126 valence electrons. The molecule has 0 radical (unpaired) electrons. The lowest BCUT2D eigenvalue weighted by Crippen LogP contribution is -1.84. The van der Waals surface area contributed by atoms with E-state index in [-0.39, 0.29) is 5.75 Å². The highest BCUT2D eigenvalue weighted by Gasteiger charge is 2.01. The first-order valence-electron chi connectivity index (χ1n) is 7.68. The smallest absolute Gasteiger partial charge is 0.161 e. The Labute approximate surface area is 151 Å². The van der Waals surface area contributed by atoms with Gasteiger partial charge in [-0.05, 0) is 53.6 Å². The van der Waals surface area contributed by atoms with Gasteiger partial charge in [-0.2, -0.15) is 5.10 Å². The van der Waals surface area contributed by atoms with E-state index in [4.69, 9.17) is 16.3 Å². The number of aromatic hydroxyl groups is 1. The van der Waals surface area contributed by atoms with Gasteiger partial charge >= 0.3 is 0 Å². The normalized spacial score (nSPS) is 11.4. The summed E-state index contributed by atoms with van der Waals surface area (Å²) in [4.78, 5) is 0. The van der Waals surface area contributed by atoms with Gasteiger partial charge in [0.2, 0.25) is 0 Å². The molecule has 0 fully saturated rings. The van der Waals surface area contributed by atoms with Gasteiger partial charge in [-0.25, -0.2) is 0 Å². The Morgan fingerprint density at radius 3 is 2.44 bits per heavy atom. The summed E-state index contributed by atoms with van der Waals surface area (Å²) in [7, 11) is 1.52. The molecule has 1 aromatic heterocycles. The topological polar surface area (TPSA) is 58.1 Å². The number of phenolic OH excluding ortho intramolecular Hbond substituents is 1. The maximum atomic E-state index is 9.61. The fourth-order valence-corrected chi connectivity index (χ4v) is 2.39. The summed E-state index contributed by atoms with van der Waals surface area (Å²) in [6.45, 7) is 0. The SMILES string of the molecule is COc1cc(/C=C/c2cc(/C=C/c3ccc(Cl)cc3)[nH]n2)ccc1O. The van der Waals surface area contributed by atoms with Gasteiger partial charge in [-0.1, -0.05) is 42.0 Å². The quantitative estimate of drug-likeness (QED) is 0.670. The number of rotatable bonds is 5. The zero-order chi connectivity index (χ0) is 17.6. The van der Waals surface area contributed by atoms with Crippen molar-refractivity contribution in [2.75, 3.05) is 7.11 Å². The van der Waals surface area contributed by atoms with E-state index < -0.39 is 0 Å². The van der Waals surface area contributed by atoms with Gasteiger partial charge in [0.1, 0.15) is 0 Å². The van der Waals surface area contributed by atoms with E-state index in [1.807, 2.05) is 60.7 Å². The number of nitrogens with zero attached hydrogens (tertiary/aromatic N) is 1. The van der Waals surface area contributed by atoms with Crippen LogP contribution in [0.4, 0.5) is 0 Å². The lowest BCUT2D eigenvalue weighted by atomic mass is 10.1. The number of hydrogen-bond donors (Lipinski definition) is 2. The number of H-pyrrole nitrogens is 1. The second-order valence-corrected chi connectivity index (χ2v) is 5.83. The molecule has 0 saturated carbocycles. The molecule has 2 N–H and O–H groups in total. The Morgan fingerprint density at radius 1 is 0.960 bits per heavy atom. The summed E-state index contributed by atoms with van der Waals surface area (Å²) < 4.78 is 5.10. The maximum absolute atomic E-state index is 9.61. The summed E-state index contributed by atoms with van der Waals surface area (Å²) in [6, 6.07) is 14.7. The monoisotopic (exact) mass is 352 g/mol. The fourth-order valence-electron chi connectivity index (χ4n) is 2.26. The lowest BCUT2D eigenvalue weighted by molar-refractivity contribution is 0.373. The predicted octanol–water partition coefficient (Wildman–Crippen LogP) is 5.12. The van der Waals surface area contributed by atoms with Crippen LogP contribution < -0.4 is 4.74 Å². The number of hydrogen-bond acceptors (Lipinski definition) is 3. The van der Waals surface area contributed by atoms with Crippen LogP contribution in [-0.2, 0) is 0 Å². The third-order valence-corrected chi connectivity index (χ3v) is 3.85. The molecule has 25 heavy (non-hydrogen) atoms. The number of benzene rings is 2. The molecular formula is C20H17ClN2O2. The van der Waals surface area contributed by atoms with Crippen molar-refractivity contribution in [3.63, 3.8) is 0 Å². The Morgan fingerprint density at radius 2 is 1.68 bits per heavy atom. The van der Waals surface area contributed by atoms with E-state index in [9.17, 15) is 5.11 Å². The minimum absolute atomic E-state index is 0.119. The number of aromatic amines is 1. The number of nitrogens with one attached hydrogen (secondary N) is 1. The first-order chi connectivity index (χ1) is 12.1. The van der Waals surface area contributed by atoms with Crippen LogP contribution in [0.5, 0.6) is 11.5 Å². The molecule has 4 nitrogen and oxygen atoms in total. The van der Waals surface area contributed by atoms with Gasteiger partial charge in [0.15, 0.2) is 11.5 Å². The van der Waals surface area contributed by atoms with E-state index in [0.29, 0.717) is 5.75 Å². The Kier molecular flexibility index (Phi) is 5.21. The molecule has 0 amide bonds. The van der Waals surface area contributed by atoms with Gasteiger partial charge in [0.05, 0.1) is 18.5 Å². The largest absolute Gasteiger partial charge is 0.504 e. The molecule has 0 aliphatic heterocycles. The minimum Gasteiger partial charge on any atom is -0.504 e. The highest BCUT2D eigenvalue weighted by atomic mass is 35.5. The average Bonchev–Trinajstić information content (AvgIpc) is 3.08. The Balaban J connectivity index is 1.70.